The lowest BCUT2D eigenvalue weighted by Crippen LogP contribution is -2.47. The molecule has 1 aromatic carbocycles. The maximum atomic E-state index is 12.6. The minimum atomic E-state index is -0.810. The van der Waals surface area contributed by atoms with Gasteiger partial charge in [0.1, 0.15) is 0 Å². The summed E-state index contributed by atoms with van der Waals surface area (Å²) < 4.78 is 0. The third kappa shape index (κ3) is 2.84. The molecule has 4 nitrogen and oxygen atoms in total. The quantitative estimate of drug-likeness (QED) is 0.902. The first kappa shape index (κ1) is 14.6. The number of amides is 1. The van der Waals surface area contributed by atoms with Gasteiger partial charge in [0.15, 0.2) is 0 Å². The summed E-state index contributed by atoms with van der Waals surface area (Å²) in [6.45, 7) is 6.21. The Labute approximate surface area is 119 Å². The molecule has 0 radical (unpaired) electrons. The van der Waals surface area contributed by atoms with Crippen molar-refractivity contribution in [2.75, 3.05) is 6.54 Å². The number of carbonyl (C=O) groups is 2. The highest BCUT2D eigenvalue weighted by Crippen LogP contribution is 2.25. The van der Waals surface area contributed by atoms with Gasteiger partial charge >= 0.3 is 5.97 Å². The third-order valence-electron chi connectivity index (χ3n) is 4.10. The zero-order valence-electron chi connectivity index (χ0n) is 12.2. The Morgan fingerprint density at radius 3 is 2.55 bits per heavy atom. The molecule has 0 saturated carbocycles. The molecule has 1 heterocycles. The summed E-state index contributed by atoms with van der Waals surface area (Å²) in [5, 5.41) is 9.15. The van der Waals surface area contributed by atoms with Gasteiger partial charge in [0, 0.05) is 18.2 Å². The van der Waals surface area contributed by atoms with Crippen LogP contribution >= 0.6 is 0 Å². The molecule has 1 aromatic rings. The molecule has 2 unspecified atom stereocenters. The summed E-state index contributed by atoms with van der Waals surface area (Å²) in [7, 11) is 0. The minimum Gasteiger partial charge on any atom is -0.481 e. The molecule has 1 amide bonds. The lowest BCUT2D eigenvalue weighted by molar-refractivity contribution is -0.143. The number of piperidine rings is 1. The lowest BCUT2D eigenvalue weighted by atomic mass is 9.92. The van der Waals surface area contributed by atoms with E-state index in [9.17, 15) is 9.59 Å². The Kier molecular flexibility index (Phi) is 4.12. The first-order valence-electron chi connectivity index (χ1n) is 7.01. The van der Waals surface area contributed by atoms with E-state index in [0.29, 0.717) is 18.5 Å². The highest BCUT2D eigenvalue weighted by atomic mass is 16.4. The molecular formula is C16H21NO3. The summed E-state index contributed by atoms with van der Waals surface area (Å²) in [6.07, 6.45) is 1.39. The van der Waals surface area contributed by atoms with E-state index in [1.54, 1.807) is 4.90 Å². The highest BCUT2D eigenvalue weighted by molar-refractivity contribution is 5.96. The van der Waals surface area contributed by atoms with Gasteiger partial charge in [-0.1, -0.05) is 17.7 Å². The molecule has 2 atom stereocenters. The van der Waals surface area contributed by atoms with Gasteiger partial charge in [-0.2, -0.15) is 0 Å². The number of rotatable bonds is 2. The molecule has 1 fully saturated rings. The van der Waals surface area contributed by atoms with E-state index in [-0.39, 0.29) is 11.9 Å². The number of aliphatic carboxylic acids is 1. The van der Waals surface area contributed by atoms with Crippen LogP contribution < -0.4 is 0 Å². The van der Waals surface area contributed by atoms with Gasteiger partial charge in [0.05, 0.1) is 5.92 Å². The number of carboxylic acids is 1. The van der Waals surface area contributed by atoms with Crippen molar-refractivity contribution in [1.29, 1.82) is 0 Å². The zero-order chi connectivity index (χ0) is 14.9. The van der Waals surface area contributed by atoms with Crippen LogP contribution in [0.1, 0.15) is 41.3 Å². The number of carbonyl (C=O) groups excluding carboxylic acids is 1. The molecule has 1 N–H and O–H groups in total. The van der Waals surface area contributed by atoms with Crippen LogP contribution in [0, 0.1) is 19.8 Å². The fourth-order valence-electron chi connectivity index (χ4n) is 2.80. The topological polar surface area (TPSA) is 57.6 Å². The predicted molar refractivity (Wildman–Crippen MR) is 76.8 cm³/mol. The number of likely N-dealkylation sites (tertiary alicyclic amines) is 1. The van der Waals surface area contributed by atoms with E-state index >= 15 is 0 Å². The highest BCUT2D eigenvalue weighted by Gasteiger charge is 2.33. The van der Waals surface area contributed by atoms with Crippen LogP contribution in [0.15, 0.2) is 18.2 Å². The van der Waals surface area contributed by atoms with Crippen molar-refractivity contribution in [3.63, 3.8) is 0 Å². The van der Waals surface area contributed by atoms with E-state index < -0.39 is 11.9 Å². The average Bonchev–Trinajstić information content (AvgIpc) is 2.38. The molecule has 1 aliphatic heterocycles. The number of nitrogens with zero attached hydrogens (tertiary/aromatic N) is 1. The normalized spacial score (nSPS) is 22.6. The molecule has 108 valence electrons. The maximum Gasteiger partial charge on any atom is 0.308 e. The SMILES string of the molecule is Cc1ccc(C(=O)N2CC(C(=O)O)CCC2C)c(C)c1. The molecule has 2 rings (SSSR count). The van der Waals surface area contributed by atoms with Crippen LogP contribution in [0.2, 0.25) is 0 Å². The largest absolute Gasteiger partial charge is 0.481 e. The maximum absolute atomic E-state index is 12.6. The summed E-state index contributed by atoms with van der Waals surface area (Å²) in [5.74, 6) is -1.31. The number of carboxylic acid groups (broad SMARTS) is 1. The van der Waals surface area contributed by atoms with E-state index in [1.807, 2.05) is 39.0 Å². The molecule has 20 heavy (non-hydrogen) atoms. The van der Waals surface area contributed by atoms with Crippen molar-refractivity contribution in [2.24, 2.45) is 5.92 Å². The molecule has 0 aliphatic carbocycles. The van der Waals surface area contributed by atoms with Crippen molar-refractivity contribution in [2.45, 2.75) is 39.7 Å². The van der Waals surface area contributed by atoms with Crippen LogP contribution in [0.4, 0.5) is 0 Å². The Morgan fingerprint density at radius 2 is 1.95 bits per heavy atom. The third-order valence-corrected chi connectivity index (χ3v) is 4.10. The molecular weight excluding hydrogens is 254 g/mol. The van der Waals surface area contributed by atoms with Gasteiger partial charge in [0.25, 0.3) is 5.91 Å². The number of hydrogen-bond donors (Lipinski definition) is 1. The number of hydrogen-bond acceptors (Lipinski definition) is 2. The van der Waals surface area contributed by atoms with Crippen molar-refractivity contribution in [3.8, 4) is 0 Å². The Bertz CT molecular complexity index is 539. The fraction of sp³-hybridized carbons (Fsp3) is 0.500. The van der Waals surface area contributed by atoms with E-state index in [2.05, 4.69) is 0 Å². The van der Waals surface area contributed by atoms with Crippen LogP contribution in [0.3, 0.4) is 0 Å². The summed E-state index contributed by atoms with van der Waals surface area (Å²) >= 11 is 0. The predicted octanol–water partition coefficient (Wildman–Crippen LogP) is 2.63. The summed E-state index contributed by atoms with van der Waals surface area (Å²) in [5.41, 5.74) is 2.74. The summed E-state index contributed by atoms with van der Waals surface area (Å²) in [6, 6.07) is 5.84. The standard InChI is InChI=1S/C16H21NO3/c1-10-4-7-14(11(2)8-10)15(18)17-9-13(16(19)20)6-5-12(17)3/h4,7-8,12-13H,5-6,9H2,1-3H3,(H,19,20). The zero-order valence-corrected chi connectivity index (χ0v) is 12.2. The van der Waals surface area contributed by atoms with E-state index in [0.717, 1.165) is 17.5 Å². The second kappa shape index (κ2) is 5.65. The Morgan fingerprint density at radius 1 is 1.25 bits per heavy atom. The molecule has 0 spiro atoms. The minimum absolute atomic E-state index is 0.0547. The van der Waals surface area contributed by atoms with Gasteiger partial charge in [-0.3, -0.25) is 9.59 Å². The van der Waals surface area contributed by atoms with E-state index in [4.69, 9.17) is 5.11 Å². The van der Waals surface area contributed by atoms with Crippen LogP contribution in [0.25, 0.3) is 0 Å². The van der Waals surface area contributed by atoms with Gasteiger partial charge in [-0.15, -0.1) is 0 Å². The average molecular weight is 275 g/mol. The monoisotopic (exact) mass is 275 g/mol. The molecule has 0 bridgehead atoms. The van der Waals surface area contributed by atoms with Crippen LogP contribution in [-0.2, 0) is 4.79 Å². The second-order valence-corrected chi connectivity index (χ2v) is 5.74. The van der Waals surface area contributed by atoms with Crippen molar-refractivity contribution in [1.82, 2.24) is 4.90 Å². The van der Waals surface area contributed by atoms with Crippen LogP contribution in [0.5, 0.6) is 0 Å². The Hall–Kier alpha value is -1.84. The van der Waals surface area contributed by atoms with Crippen molar-refractivity contribution < 1.29 is 14.7 Å². The molecule has 0 aromatic heterocycles. The van der Waals surface area contributed by atoms with Crippen molar-refractivity contribution in [3.05, 3.63) is 34.9 Å². The van der Waals surface area contributed by atoms with Gasteiger partial charge in [-0.05, 0) is 45.2 Å². The lowest BCUT2D eigenvalue weighted by Gasteiger charge is -2.36. The molecule has 1 aliphatic rings. The molecule has 1 saturated heterocycles. The van der Waals surface area contributed by atoms with Gasteiger partial charge in [0.2, 0.25) is 0 Å². The first-order chi connectivity index (χ1) is 9.40. The second-order valence-electron chi connectivity index (χ2n) is 5.74. The van der Waals surface area contributed by atoms with Gasteiger partial charge in [-0.25, -0.2) is 0 Å². The number of aryl methyl sites for hydroxylation is 2. The fourth-order valence-corrected chi connectivity index (χ4v) is 2.80. The summed E-state index contributed by atoms with van der Waals surface area (Å²) in [4.78, 5) is 25.5. The number of benzene rings is 1. The van der Waals surface area contributed by atoms with Crippen LogP contribution in [-0.4, -0.2) is 34.5 Å². The smallest absolute Gasteiger partial charge is 0.308 e. The first-order valence-corrected chi connectivity index (χ1v) is 7.01. The van der Waals surface area contributed by atoms with Gasteiger partial charge < -0.3 is 10.0 Å². The Balaban J connectivity index is 2.24. The molecule has 4 heteroatoms. The van der Waals surface area contributed by atoms with Crippen molar-refractivity contribution >= 4 is 11.9 Å². The van der Waals surface area contributed by atoms with E-state index in [1.165, 1.54) is 0 Å².